The molecule has 24 heavy (non-hydrogen) atoms. The van der Waals surface area contributed by atoms with Crippen molar-refractivity contribution in [3.8, 4) is 5.75 Å². The van der Waals surface area contributed by atoms with Gasteiger partial charge >= 0.3 is 5.97 Å². The zero-order valence-corrected chi connectivity index (χ0v) is 13.6. The van der Waals surface area contributed by atoms with E-state index in [4.69, 9.17) is 14.2 Å². The average Bonchev–Trinajstić information content (AvgIpc) is 3.23. The maximum Gasteiger partial charge on any atom is 0.312 e. The Hall–Kier alpha value is -2.34. The molecule has 1 aromatic rings. The second kappa shape index (κ2) is 5.34. The van der Waals surface area contributed by atoms with Gasteiger partial charge in [-0.15, -0.1) is 0 Å². The largest absolute Gasteiger partial charge is 0.495 e. The first-order valence-corrected chi connectivity index (χ1v) is 8.09. The van der Waals surface area contributed by atoms with Crippen molar-refractivity contribution in [3.05, 3.63) is 36.4 Å². The molecule has 2 saturated heterocycles. The van der Waals surface area contributed by atoms with Gasteiger partial charge in [0.15, 0.2) is 0 Å². The van der Waals surface area contributed by atoms with Gasteiger partial charge in [-0.3, -0.25) is 9.59 Å². The molecule has 4 atom stereocenters. The summed E-state index contributed by atoms with van der Waals surface area (Å²) in [4.78, 5) is 27.1. The first-order valence-electron chi connectivity index (χ1n) is 8.09. The second-order valence-electron chi connectivity index (χ2n) is 6.25. The normalized spacial score (nSPS) is 33.0. The van der Waals surface area contributed by atoms with Gasteiger partial charge < -0.3 is 19.1 Å². The van der Waals surface area contributed by atoms with Crippen molar-refractivity contribution in [2.45, 2.75) is 18.6 Å². The van der Waals surface area contributed by atoms with E-state index in [-0.39, 0.29) is 24.6 Å². The van der Waals surface area contributed by atoms with Gasteiger partial charge in [0.05, 0.1) is 38.0 Å². The number of para-hydroxylation sites is 2. The molecule has 3 heterocycles. The van der Waals surface area contributed by atoms with Crippen LogP contribution in [0.1, 0.15) is 6.92 Å². The van der Waals surface area contributed by atoms with Crippen LogP contribution in [-0.4, -0.2) is 43.8 Å². The molecule has 6 nitrogen and oxygen atoms in total. The van der Waals surface area contributed by atoms with Gasteiger partial charge in [-0.05, 0) is 19.1 Å². The van der Waals surface area contributed by atoms with Crippen LogP contribution in [0.2, 0.25) is 0 Å². The Morgan fingerprint density at radius 2 is 2.21 bits per heavy atom. The standard InChI is InChI=1S/C18H19NO5/c1-3-23-17(21)14-13-8-9-18(24-13)10-19(16(20)15(14)18)11-6-4-5-7-12(11)22-2/h4-9,13-15H,3,10H2,1-2H3/t13-,14+,15-,18-/m0/s1. The first-order chi connectivity index (χ1) is 11.6. The van der Waals surface area contributed by atoms with E-state index in [0.29, 0.717) is 18.0 Å². The fourth-order valence-electron chi connectivity index (χ4n) is 4.06. The van der Waals surface area contributed by atoms with E-state index in [1.165, 1.54) is 0 Å². The lowest BCUT2D eigenvalue weighted by atomic mass is 9.77. The lowest BCUT2D eigenvalue weighted by Gasteiger charge is -2.22. The zero-order valence-electron chi connectivity index (χ0n) is 13.6. The number of hydrogen-bond donors (Lipinski definition) is 0. The number of nitrogens with zero attached hydrogens (tertiary/aromatic N) is 1. The van der Waals surface area contributed by atoms with E-state index in [1.807, 2.05) is 36.4 Å². The van der Waals surface area contributed by atoms with Gasteiger partial charge in [-0.2, -0.15) is 0 Å². The van der Waals surface area contributed by atoms with Gasteiger partial charge in [0.1, 0.15) is 17.3 Å². The molecule has 0 N–H and O–H groups in total. The average molecular weight is 329 g/mol. The van der Waals surface area contributed by atoms with Crippen molar-refractivity contribution in [1.29, 1.82) is 0 Å². The Morgan fingerprint density at radius 1 is 1.42 bits per heavy atom. The monoisotopic (exact) mass is 329 g/mol. The predicted octanol–water partition coefficient (Wildman–Crippen LogP) is 1.54. The maximum atomic E-state index is 13.1. The Bertz CT molecular complexity index is 730. The molecule has 0 aliphatic carbocycles. The molecule has 3 aliphatic rings. The number of carbonyl (C=O) groups is 2. The third-order valence-corrected chi connectivity index (χ3v) is 5.04. The van der Waals surface area contributed by atoms with Gasteiger partial charge in [0.25, 0.3) is 0 Å². The molecule has 2 bridgehead atoms. The number of benzene rings is 1. The highest BCUT2D eigenvalue weighted by atomic mass is 16.6. The summed E-state index contributed by atoms with van der Waals surface area (Å²) < 4.78 is 16.6. The van der Waals surface area contributed by atoms with Gasteiger partial charge in [-0.25, -0.2) is 0 Å². The van der Waals surface area contributed by atoms with Gasteiger partial charge in [-0.1, -0.05) is 24.3 Å². The molecular formula is C18H19NO5. The molecule has 1 amide bonds. The van der Waals surface area contributed by atoms with Crippen LogP contribution in [0.25, 0.3) is 0 Å². The molecular weight excluding hydrogens is 310 g/mol. The van der Waals surface area contributed by atoms with Crippen molar-refractivity contribution in [2.75, 3.05) is 25.2 Å². The van der Waals surface area contributed by atoms with Crippen molar-refractivity contribution in [1.82, 2.24) is 0 Å². The molecule has 0 radical (unpaired) electrons. The van der Waals surface area contributed by atoms with Crippen LogP contribution in [0.4, 0.5) is 5.69 Å². The summed E-state index contributed by atoms with van der Waals surface area (Å²) in [7, 11) is 1.57. The van der Waals surface area contributed by atoms with E-state index in [2.05, 4.69) is 0 Å². The van der Waals surface area contributed by atoms with Crippen molar-refractivity contribution in [3.63, 3.8) is 0 Å². The van der Waals surface area contributed by atoms with Crippen molar-refractivity contribution < 1.29 is 23.8 Å². The summed E-state index contributed by atoms with van der Waals surface area (Å²) in [6, 6.07) is 7.36. The predicted molar refractivity (Wildman–Crippen MR) is 85.7 cm³/mol. The Balaban J connectivity index is 1.71. The number of fused-ring (bicyclic) bond motifs is 1. The van der Waals surface area contributed by atoms with E-state index >= 15 is 0 Å². The van der Waals surface area contributed by atoms with E-state index < -0.39 is 17.4 Å². The number of hydrogen-bond acceptors (Lipinski definition) is 5. The van der Waals surface area contributed by atoms with E-state index in [9.17, 15) is 9.59 Å². The number of methoxy groups -OCH3 is 1. The lowest BCUT2D eigenvalue weighted by molar-refractivity contribution is -0.151. The molecule has 0 saturated carbocycles. The second-order valence-corrected chi connectivity index (χ2v) is 6.25. The maximum absolute atomic E-state index is 13.1. The molecule has 6 heteroatoms. The Morgan fingerprint density at radius 3 is 2.96 bits per heavy atom. The third-order valence-electron chi connectivity index (χ3n) is 5.04. The summed E-state index contributed by atoms with van der Waals surface area (Å²) in [6.45, 7) is 2.42. The Labute approximate surface area is 140 Å². The summed E-state index contributed by atoms with van der Waals surface area (Å²) in [5, 5.41) is 0. The molecule has 0 aromatic heterocycles. The van der Waals surface area contributed by atoms with Crippen LogP contribution in [0.5, 0.6) is 5.75 Å². The quantitative estimate of drug-likeness (QED) is 0.619. The SMILES string of the molecule is CCOC(=O)[C@@H]1[C@@H]2C=C[C@@]3(CN(c4ccccc4OC)C(=O)[C@H]13)O2. The van der Waals surface area contributed by atoms with Crippen molar-refractivity contribution in [2.24, 2.45) is 11.8 Å². The van der Waals surface area contributed by atoms with E-state index in [1.54, 1.807) is 18.9 Å². The minimum atomic E-state index is -0.750. The molecule has 2 fully saturated rings. The van der Waals surface area contributed by atoms with Gasteiger partial charge in [0.2, 0.25) is 5.91 Å². The third kappa shape index (κ3) is 1.92. The summed E-state index contributed by atoms with van der Waals surface area (Å²) in [6.07, 6.45) is 3.42. The number of amides is 1. The van der Waals surface area contributed by atoms with Crippen LogP contribution >= 0.6 is 0 Å². The van der Waals surface area contributed by atoms with Crippen LogP contribution < -0.4 is 9.64 Å². The van der Waals surface area contributed by atoms with Crippen LogP contribution in [0.3, 0.4) is 0 Å². The smallest absolute Gasteiger partial charge is 0.312 e. The van der Waals surface area contributed by atoms with Gasteiger partial charge in [0, 0.05) is 0 Å². The number of rotatable bonds is 4. The minimum absolute atomic E-state index is 0.121. The highest BCUT2D eigenvalue weighted by molar-refractivity contribution is 6.03. The number of ether oxygens (including phenoxy) is 3. The highest BCUT2D eigenvalue weighted by Crippen LogP contribution is 2.53. The highest BCUT2D eigenvalue weighted by Gasteiger charge is 2.67. The summed E-state index contributed by atoms with van der Waals surface area (Å²) in [5.74, 6) is -0.995. The molecule has 4 rings (SSSR count). The molecule has 3 aliphatic heterocycles. The Kier molecular flexibility index (Phi) is 3.38. The van der Waals surface area contributed by atoms with Crippen molar-refractivity contribution >= 4 is 17.6 Å². The molecule has 1 aromatic carbocycles. The molecule has 1 spiro atoms. The zero-order chi connectivity index (χ0) is 16.9. The summed E-state index contributed by atoms with van der Waals surface area (Å²) >= 11 is 0. The fraction of sp³-hybridized carbons (Fsp3) is 0.444. The number of carbonyl (C=O) groups excluding carboxylic acids is 2. The first kappa shape index (κ1) is 15.2. The minimum Gasteiger partial charge on any atom is -0.495 e. The number of anilines is 1. The van der Waals surface area contributed by atoms with Crippen LogP contribution in [-0.2, 0) is 19.1 Å². The summed E-state index contributed by atoms with van der Waals surface area (Å²) in [5.41, 5.74) is -0.0585. The molecule has 126 valence electrons. The lowest BCUT2D eigenvalue weighted by Crippen LogP contribution is -2.40. The van der Waals surface area contributed by atoms with E-state index in [0.717, 1.165) is 0 Å². The fourth-order valence-corrected chi connectivity index (χ4v) is 4.06. The van der Waals surface area contributed by atoms with Crippen LogP contribution in [0, 0.1) is 11.8 Å². The number of esters is 1. The van der Waals surface area contributed by atoms with Crippen LogP contribution in [0.15, 0.2) is 36.4 Å². The molecule has 0 unspecified atom stereocenters. The topological polar surface area (TPSA) is 65.1 Å².